The van der Waals surface area contributed by atoms with E-state index in [-0.39, 0.29) is 11.8 Å². The lowest BCUT2D eigenvalue weighted by molar-refractivity contribution is 0.101. The van der Waals surface area contributed by atoms with Crippen molar-refractivity contribution in [2.24, 2.45) is 0 Å². The largest absolute Gasteiger partial charge is 0.361 e. The van der Waals surface area contributed by atoms with Gasteiger partial charge in [0.1, 0.15) is 10.8 Å². The average Bonchev–Trinajstić information content (AvgIpc) is 3.44. The fourth-order valence-electron chi connectivity index (χ4n) is 2.96. The lowest BCUT2D eigenvalue weighted by Gasteiger charge is -2.10. The van der Waals surface area contributed by atoms with Crippen LogP contribution in [0.2, 0.25) is 0 Å². The Morgan fingerprint density at radius 2 is 1.72 bits per heavy atom. The molecule has 0 spiro atoms. The molecule has 0 aliphatic rings. The highest BCUT2D eigenvalue weighted by molar-refractivity contribution is 7.98. The second kappa shape index (κ2) is 9.80. The maximum Gasteiger partial charge on any atom is 0.265 e. The monoisotopic (exact) mass is 464 g/mol. The number of amides is 2. The first-order valence-electron chi connectivity index (χ1n) is 9.77. The average molecular weight is 465 g/mol. The van der Waals surface area contributed by atoms with E-state index in [9.17, 15) is 9.59 Å². The van der Waals surface area contributed by atoms with Crippen molar-refractivity contribution in [2.75, 3.05) is 10.6 Å². The summed E-state index contributed by atoms with van der Waals surface area (Å²) in [4.78, 5) is 30.1. The summed E-state index contributed by atoms with van der Waals surface area (Å²) in [6.07, 6.45) is 1.66. The smallest absolute Gasteiger partial charge is 0.265 e. The molecule has 32 heavy (non-hydrogen) atoms. The summed E-state index contributed by atoms with van der Waals surface area (Å²) in [6, 6.07) is 14.1. The molecule has 3 aromatic heterocycles. The minimum atomic E-state index is -0.255. The van der Waals surface area contributed by atoms with E-state index in [4.69, 9.17) is 4.52 Å². The zero-order chi connectivity index (χ0) is 22.5. The van der Waals surface area contributed by atoms with Gasteiger partial charge in [-0.2, -0.15) is 0 Å². The molecule has 9 heteroatoms. The molecule has 7 nitrogen and oxygen atoms in total. The zero-order valence-electron chi connectivity index (χ0n) is 17.4. The Hall–Kier alpha value is -3.43. The maximum absolute atomic E-state index is 12.9. The minimum absolute atomic E-state index is 0.160. The topological polar surface area (TPSA) is 97.1 Å². The van der Waals surface area contributed by atoms with Crippen molar-refractivity contribution < 1.29 is 14.1 Å². The van der Waals surface area contributed by atoms with Crippen LogP contribution in [-0.4, -0.2) is 22.0 Å². The van der Waals surface area contributed by atoms with E-state index in [0.29, 0.717) is 32.6 Å². The Morgan fingerprint density at radius 1 is 1.00 bits per heavy atom. The number of benzene rings is 1. The molecule has 162 valence electrons. The molecule has 0 unspecified atom stereocenters. The summed E-state index contributed by atoms with van der Waals surface area (Å²) in [5, 5.41) is 12.2. The number of aryl methyl sites for hydroxylation is 2. The van der Waals surface area contributed by atoms with E-state index in [1.54, 1.807) is 48.7 Å². The minimum Gasteiger partial charge on any atom is -0.361 e. The molecule has 0 atom stereocenters. The normalized spacial score (nSPS) is 10.7. The van der Waals surface area contributed by atoms with Gasteiger partial charge in [-0.25, -0.2) is 4.98 Å². The molecule has 1 aromatic carbocycles. The Kier molecular flexibility index (Phi) is 6.67. The van der Waals surface area contributed by atoms with Crippen LogP contribution >= 0.6 is 23.1 Å². The van der Waals surface area contributed by atoms with Crippen molar-refractivity contribution >= 4 is 46.3 Å². The van der Waals surface area contributed by atoms with Crippen molar-refractivity contribution in [3.63, 3.8) is 0 Å². The molecule has 4 rings (SSSR count). The Bertz CT molecular complexity index is 1220. The number of rotatable bonds is 7. The second-order valence-electron chi connectivity index (χ2n) is 6.91. The lowest BCUT2D eigenvalue weighted by Crippen LogP contribution is -2.14. The van der Waals surface area contributed by atoms with E-state index in [0.717, 1.165) is 17.0 Å². The van der Waals surface area contributed by atoms with Gasteiger partial charge >= 0.3 is 0 Å². The van der Waals surface area contributed by atoms with Crippen LogP contribution in [0.5, 0.6) is 0 Å². The van der Waals surface area contributed by atoms with Crippen LogP contribution in [0.25, 0.3) is 0 Å². The highest BCUT2D eigenvalue weighted by Crippen LogP contribution is 2.28. The van der Waals surface area contributed by atoms with Gasteiger partial charge in [0.05, 0.1) is 16.1 Å². The van der Waals surface area contributed by atoms with Gasteiger partial charge in [0.15, 0.2) is 0 Å². The molecule has 0 aliphatic heterocycles. The van der Waals surface area contributed by atoms with Gasteiger partial charge in [-0.1, -0.05) is 11.2 Å². The third-order valence-corrected chi connectivity index (χ3v) is 6.60. The van der Waals surface area contributed by atoms with Crippen molar-refractivity contribution in [1.82, 2.24) is 10.1 Å². The first-order valence-corrected chi connectivity index (χ1v) is 11.6. The van der Waals surface area contributed by atoms with E-state index in [1.165, 1.54) is 23.1 Å². The van der Waals surface area contributed by atoms with E-state index in [1.807, 2.05) is 25.3 Å². The summed E-state index contributed by atoms with van der Waals surface area (Å²) in [7, 11) is 0. The molecule has 0 saturated carbocycles. The number of nitrogens with zero attached hydrogens (tertiary/aromatic N) is 2. The highest BCUT2D eigenvalue weighted by atomic mass is 32.2. The molecule has 0 bridgehead atoms. The number of aromatic nitrogens is 2. The van der Waals surface area contributed by atoms with Crippen LogP contribution in [-0.2, 0) is 5.75 Å². The van der Waals surface area contributed by atoms with Crippen LogP contribution in [0.4, 0.5) is 11.4 Å². The highest BCUT2D eigenvalue weighted by Gasteiger charge is 2.16. The number of nitrogens with one attached hydrogen (secondary N) is 2. The van der Waals surface area contributed by atoms with Crippen molar-refractivity contribution in [1.29, 1.82) is 0 Å². The molecule has 2 N–H and O–H groups in total. The Labute approximate surface area is 193 Å². The summed E-state index contributed by atoms with van der Waals surface area (Å²) in [5.74, 6) is 0.960. The quantitative estimate of drug-likeness (QED) is 0.348. The van der Waals surface area contributed by atoms with Crippen LogP contribution in [0.1, 0.15) is 37.0 Å². The summed E-state index contributed by atoms with van der Waals surface area (Å²) >= 11 is 2.84. The molecule has 3 heterocycles. The maximum atomic E-state index is 12.9. The first-order chi connectivity index (χ1) is 15.5. The van der Waals surface area contributed by atoms with Crippen LogP contribution in [0, 0.1) is 13.8 Å². The predicted molar refractivity (Wildman–Crippen MR) is 126 cm³/mol. The molecule has 0 saturated heterocycles. The number of carbonyl (C=O) groups excluding carboxylic acids is 2. The third kappa shape index (κ3) is 5.06. The number of hydrogen-bond acceptors (Lipinski definition) is 7. The van der Waals surface area contributed by atoms with Gasteiger partial charge < -0.3 is 15.2 Å². The van der Waals surface area contributed by atoms with Gasteiger partial charge in [-0.05, 0) is 61.7 Å². The van der Waals surface area contributed by atoms with Crippen molar-refractivity contribution in [3.8, 4) is 0 Å². The number of hydrogen-bond donors (Lipinski definition) is 2. The molecule has 2 amide bonds. The molecule has 0 fully saturated rings. The Morgan fingerprint density at radius 3 is 2.34 bits per heavy atom. The lowest BCUT2D eigenvalue weighted by atomic mass is 10.2. The SMILES string of the molecule is Cc1noc(C)c1CSc1ncccc1C(=O)Nc1ccc(NC(=O)c2cccs2)cc1. The van der Waals surface area contributed by atoms with Crippen LogP contribution < -0.4 is 10.6 Å². The van der Waals surface area contributed by atoms with Gasteiger partial charge in [0.2, 0.25) is 0 Å². The fourth-order valence-corrected chi connectivity index (χ4v) is 4.73. The van der Waals surface area contributed by atoms with Gasteiger partial charge in [-0.15, -0.1) is 23.1 Å². The van der Waals surface area contributed by atoms with Gasteiger partial charge in [-0.3, -0.25) is 9.59 Å². The molecule has 4 aromatic rings. The number of thiophene rings is 1. The molecule has 0 radical (unpaired) electrons. The van der Waals surface area contributed by atoms with E-state index >= 15 is 0 Å². The molecular weight excluding hydrogens is 444 g/mol. The summed E-state index contributed by atoms with van der Waals surface area (Å²) in [6.45, 7) is 3.76. The fraction of sp³-hybridized carbons (Fsp3) is 0.130. The number of pyridine rings is 1. The van der Waals surface area contributed by atoms with Crippen LogP contribution in [0.3, 0.4) is 0 Å². The first kappa shape index (κ1) is 21.8. The van der Waals surface area contributed by atoms with Gasteiger partial charge in [0.25, 0.3) is 11.8 Å². The third-order valence-electron chi connectivity index (χ3n) is 4.70. The predicted octanol–water partition coefficient (Wildman–Crippen LogP) is 5.54. The van der Waals surface area contributed by atoms with Crippen molar-refractivity contribution in [2.45, 2.75) is 24.6 Å². The van der Waals surface area contributed by atoms with E-state index < -0.39 is 0 Å². The van der Waals surface area contributed by atoms with Crippen LogP contribution in [0.15, 0.2) is 69.7 Å². The number of thioether (sulfide) groups is 1. The Balaban J connectivity index is 1.41. The standard InChI is InChI=1S/C23H20N4O3S2/c1-14-19(15(2)30-27-14)13-32-23-18(5-3-11-24-23)21(28)25-16-7-9-17(10-8-16)26-22(29)20-6-4-12-31-20/h3-12H,13H2,1-2H3,(H,25,28)(H,26,29). The molecule has 0 aliphatic carbocycles. The van der Waals surface area contributed by atoms with Crippen molar-refractivity contribution in [3.05, 3.63) is 87.6 Å². The van der Waals surface area contributed by atoms with E-state index in [2.05, 4.69) is 20.8 Å². The zero-order valence-corrected chi connectivity index (χ0v) is 19.0. The second-order valence-corrected chi connectivity index (χ2v) is 8.82. The number of anilines is 2. The summed E-state index contributed by atoms with van der Waals surface area (Å²) < 4.78 is 5.21. The number of carbonyl (C=O) groups is 2. The molecular formula is C23H20N4O3S2. The summed E-state index contributed by atoms with van der Waals surface area (Å²) in [5.41, 5.74) is 3.60. The van der Waals surface area contributed by atoms with Gasteiger partial charge in [0, 0.05) is 28.9 Å².